The largest absolute Gasteiger partial charge is 0.494 e. The first kappa shape index (κ1) is 20.0. The van der Waals surface area contributed by atoms with Gasteiger partial charge in [-0.2, -0.15) is 0 Å². The molecule has 2 aromatic carbocycles. The number of benzene rings is 2. The highest BCUT2D eigenvalue weighted by Gasteiger charge is 2.42. The Bertz CT molecular complexity index is 1330. The molecule has 0 N–H and O–H groups in total. The molecule has 2 aromatic heterocycles. The third kappa shape index (κ3) is 3.43. The van der Waals surface area contributed by atoms with Gasteiger partial charge in [0.15, 0.2) is 5.43 Å². The lowest BCUT2D eigenvalue weighted by Gasteiger charge is -2.25. The Morgan fingerprint density at radius 3 is 2.59 bits per heavy atom. The Labute approximate surface area is 185 Å². The number of amides is 1. The van der Waals surface area contributed by atoms with Crippen molar-refractivity contribution in [2.45, 2.75) is 25.9 Å². The molecule has 160 valence electrons. The molecule has 5 rings (SSSR count). The van der Waals surface area contributed by atoms with Crippen molar-refractivity contribution in [2.75, 3.05) is 6.61 Å². The average Bonchev–Trinajstić information content (AvgIpc) is 3.10. The van der Waals surface area contributed by atoms with Crippen molar-refractivity contribution in [3.8, 4) is 5.75 Å². The Hall–Kier alpha value is -3.93. The Kier molecular flexibility index (Phi) is 5.19. The first-order chi connectivity index (χ1) is 15.7. The lowest BCUT2D eigenvalue weighted by Crippen LogP contribution is -2.29. The highest BCUT2D eigenvalue weighted by Crippen LogP contribution is 2.39. The van der Waals surface area contributed by atoms with Crippen molar-refractivity contribution in [3.05, 3.63) is 106 Å². The number of rotatable bonds is 6. The second kappa shape index (κ2) is 8.30. The summed E-state index contributed by atoms with van der Waals surface area (Å²) in [5, 5.41) is 0.468. The summed E-state index contributed by atoms with van der Waals surface area (Å²) in [7, 11) is 0. The van der Waals surface area contributed by atoms with Crippen LogP contribution in [0.4, 0.5) is 0 Å². The standard InChI is InChI=1S/C26H22N2O4/c1-2-14-31-19-11-9-18(10-12-19)23-22-24(29)20-7-3-4-8-21(20)32-25(22)26(30)28(23)16-17-6-5-13-27-15-17/h3-13,15,23H,2,14,16H2,1H3/t23-/m1/s1. The number of nitrogens with zero attached hydrogens (tertiary/aromatic N) is 2. The van der Waals surface area contributed by atoms with Crippen LogP contribution in [0.3, 0.4) is 0 Å². The van der Waals surface area contributed by atoms with Crippen molar-refractivity contribution < 1.29 is 13.9 Å². The molecule has 0 fully saturated rings. The van der Waals surface area contributed by atoms with E-state index in [9.17, 15) is 9.59 Å². The van der Waals surface area contributed by atoms with E-state index in [0.29, 0.717) is 29.7 Å². The topological polar surface area (TPSA) is 72.6 Å². The second-order valence-corrected chi connectivity index (χ2v) is 7.78. The van der Waals surface area contributed by atoms with Crippen molar-refractivity contribution in [1.82, 2.24) is 9.88 Å². The van der Waals surface area contributed by atoms with E-state index in [1.54, 1.807) is 41.6 Å². The zero-order valence-electron chi connectivity index (χ0n) is 17.7. The van der Waals surface area contributed by atoms with Crippen LogP contribution in [0.5, 0.6) is 5.75 Å². The van der Waals surface area contributed by atoms with E-state index in [1.807, 2.05) is 36.4 Å². The van der Waals surface area contributed by atoms with E-state index in [4.69, 9.17) is 9.15 Å². The van der Waals surface area contributed by atoms with Gasteiger partial charge in [-0.3, -0.25) is 14.6 Å². The molecule has 0 saturated heterocycles. The van der Waals surface area contributed by atoms with Crippen molar-refractivity contribution >= 4 is 16.9 Å². The Morgan fingerprint density at radius 2 is 1.84 bits per heavy atom. The highest BCUT2D eigenvalue weighted by molar-refractivity contribution is 5.99. The predicted molar refractivity (Wildman–Crippen MR) is 121 cm³/mol. The maximum Gasteiger partial charge on any atom is 0.291 e. The molecule has 0 saturated carbocycles. The minimum atomic E-state index is -0.557. The molecule has 0 aliphatic carbocycles. The smallest absolute Gasteiger partial charge is 0.291 e. The van der Waals surface area contributed by atoms with Gasteiger partial charge in [0, 0.05) is 18.9 Å². The molecule has 0 radical (unpaired) electrons. The van der Waals surface area contributed by atoms with Gasteiger partial charge < -0.3 is 14.1 Å². The molecule has 1 aliphatic rings. The summed E-state index contributed by atoms with van der Waals surface area (Å²) in [4.78, 5) is 32.8. The molecule has 0 unspecified atom stereocenters. The van der Waals surface area contributed by atoms with Gasteiger partial charge in [0.2, 0.25) is 5.76 Å². The van der Waals surface area contributed by atoms with E-state index in [-0.39, 0.29) is 17.1 Å². The van der Waals surface area contributed by atoms with E-state index in [1.165, 1.54) is 0 Å². The van der Waals surface area contributed by atoms with Crippen LogP contribution >= 0.6 is 0 Å². The number of ether oxygens (including phenoxy) is 1. The molecule has 4 aromatic rings. The lowest BCUT2D eigenvalue weighted by molar-refractivity contribution is 0.0714. The van der Waals surface area contributed by atoms with Gasteiger partial charge in [-0.15, -0.1) is 0 Å². The number of para-hydroxylation sites is 1. The zero-order valence-corrected chi connectivity index (χ0v) is 17.7. The minimum absolute atomic E-state index is 0.105. The fourth-order valence-corrected chi connectivity index (χ4v) is 4.13. The van der Waals surface area contributed by atoms with Gasteiger partial charge >= 0.3 is 0 Å². The summed E-state index contributed by atoms with van der Waals surface area (Å²) in [6.45, 7) is 2.99. The number of fused-ring (bicyclic) bond motifs is 2. The number of hydrogen-bond donors (Lipinski definition) is 0. The Morgan fingerprint density at radius 1 is 1.03 bits per heavy atom. The monoisotopic (exact) mass is 426 g/mol. The molecule has 0 bridgehead atoms. The van der Waals surface area contributed by atoms with Crippen molar-refractivity contribution in [1.29, 1.82) is 0 Å². The maximum absolute atomic E-state index is 13.5. The summed E-state index contributed by atoms with van der Waals surface area (Å²) in [5.41, 5.74) is 2.31. The van der Waals surface area contributed by atoms with Crippen LogP contribution in [0.25, 0.3) is 11.0 Å². The zero-order chi connectivity index (χ0) is 22.1. The summed E-state index contributed by atoms with van der Waals surface area (Å²) >= 11 is 0. The number of pyridine rings is 1. The van der Waals surface area contributed by atoms with Crippen LogP contribution in [0.2, 0.25) is 0 Å². The van der Waals surface area contributed by atoms with Crippen LogP contribution in [0.15, 0.2) is 82.3 Å². The third-order valence-corrected chi connectivity index (χ3v) is 5.62. The number of hydrogen-bond acceptors (Lipinski definition) is 5. The fraction of sp³-hybridized carbons (Fsp3) is 0.192. The summed E-state index contributed by atoms with van der Waals surface area (Å²) in [5.74, 6) is 0.557. The molecule has 6 nitrogen and oxygen atoms in total. The SMILES string of the molecule is CCCOc1ccc([C@@H]2c3c(oc4ccccc4c3=O)C(=O)N2Cc2cccnc2)cc1. The van der Waals surface area contributed by atoms with Crippen LogP contribution in [-0.2, 0) is 6.54 Å². The number of carbonyl (C=O) groups excluding carboxylic acids is 1. The second-order valence-electron chi connectivity index (χ2n) is 7.78. The quantitative estimate of drug-likeness (QED) is 0.446. The summed E-state index contributed by atoms with van der Waals surface area (Å²) in [6.07, 6.45) is 4.33. The van der Waals surface area contributed by atoms with Crippen molar-refractivity contribution in [3.63, 3.8) is 0 Å². The molecular formula is C26H22N2O4. The maximum atomic E-state index is 13.5. The molecule has 1 amide bonds. The van der Waals surface area contributed by atoms with Crippen LogP contribution in [-0.4, -0.2) is 22.4 Å². The van der Waals surface area contributed by atoms with Crippen LogP contribution < -0.4 is 10.2 Å². The molecule has 32 heavy (non-hydrogen) atoms. The van der Waals surface area contributed by atoms with Gasteiger partial charge in [-0.05, 0) is 47.9 Å². The van der Waals surface area contributed by atoms with E-state index < -0.39 is 6.04 Å². The van der Waals surface area contributed by atoms with Gasteiger partial charge in [0.1, 0.15) is 11.3 Å². The normalized spacial score (nSPS) is 15.2. The van der Waals surface area contributed by atoms with Crippen LogP contribution in [0, 0.1) is 0 Å². The highest BCUT2D eigenvalue weighted by atomic mass is 16.5. The predicted octanol–water partition coefficient (Wildman–Crippen LogP) is 4.72. The van der Waals surface area contributed by atoms with Gasteiger partial charge in [-0.1, -0.05) is 37.3 Å². The lowest BCUT2D eigenvalue weighted by atomic mass is 9.98. The molecular weight excluding hydrogens is 404 g/mol. The molecule has 1 aliphatic heterocycles. The van der Waals surface area contributed by atoms with Gasteiger partial charge in [0.25, 0.3) is 5.91 Å². The minimum Gasteiger partial charge on any atom is -0.494 e. The van der Waals surface area contributed by atoms with E-state index >= 15 is 0 Å². The molecule has 3 heterocycles. The van der Waals surface area contributed by atoms with Gasteiger partial charge in [-0.25, -0.2) is 0 Å². The first-order valence-electron chi connectivity index (χ1n) is 10.7. The van der Waals surface area contributed by atoms with Crippen LogP contribution in [0.1, 0.15) is 46.6 Å². The third-order valence-electron chi connectivity index (χ3n) is 5.62. The molecule has 1 atom stereocenters. The first-order valence-corrected chi connectivity index (χ1v) is 10.7. The van der Waals surface area contributed by atoms with E-state index in [2.05, 4.69) is 11.9 Å². The van der Waals surface area contributed by atoms with Crippen molar-refractivity contribution in [2.24, 2.45) is 0 Å². The molecule has 6 heteroatoms. The number of carbonyl (C=O) groups is 1. The van der Waals surface area contributed by atoms with Gasteiger partial charge in [0.05, 0.1) is 23.6 Å². The summed E-state index contributed by atoms with van der Waals surface area (Å²) < 4.78 is 11.7. The Balaban J connectivity index is 1.64. The molecule has 0 spiro atoms. The number of aromatic nitrogens is 1. The average molecular weight is 426 g/mol. The fourth-order valence-electron chi connectivity index (χ4n) is 4.13. The summed E-state index contributed by atoms with van der Waals surface area (Å²) in [6, 6.07) is 17.8. The van der Waals surface area contributed by atoms with E-state index in [0.717, 1.165) is 23.3 Å².